The van der Waals surface area contributed by atoms with E-state index in [0.29, 0.717) is 60.0 Å². The van der Waals surface area contributed by atoms with Gasteiger partial charge in [0.05, 0.1) is 42.7 Å². The van der Waals surface area contributed by atoms with E-state index in [4.69, 9.17) is 15.2 Å². The van der Waals surface area contributed by atoms with Crippen LogP contribution >= 0.6 is 0 Å². The number of urea groups is 1. The number of carbonyl (C=O) groups excluding carboxylic acids is 10. The lowest BCUT2D eigenvalue weighted by atomic mass is 9.89. The zero-order valence-corrected chi connectivity index (χ0v) is 62.9. The van der Waals surface area contributed by atoms with Gasteiger partial charge < -0.3 is 66.5 Å². The molecule has 99 heavy (non-hydrogen) atoms. The molecule has 0 saturated carbocycles. The second kappa shape index (κ2) is 41.1. The van der Waals surface area contributed by atoms with E-state index < -0.39 is 114 Å². The number of rotatable bonds is 39. The van der Waals surface area contributed by atoms with Crippen LogP contribution in [0.15, 0.2) is 54.6 Å². The highest BCUT2D eigenvalue weighted by Crippen LogP contribution is 2.35. The first kappa shape index (κ1) is 84.5. The number of hydrogen-bond donors (Lipinski definition) is 9. The lowest BCUT2D eigenvalue weighted by molar-refractivity contribution is -0.196. The van der Waals surface area contributed by atoms with Crippen molar-refractivity contribution >= 4 is 81.4 Å². The molecule has 10 N–H and O–H groups in total. The first-order valence-electron chi connectivity index (χ1n) is 34.9. The largest absolute Gasteiger partial charge is 0.452 e. The summed E-state index contributed by atoms with van der Waals surface area (Å²) in [5.41, 5.74) is 7.14. The van der Waals surface area contributed by atoms with Gasteiger partial charge >= 0.3 is 28.7 Å². The van der Waals surface area contributed by atoms with Gasteiger partial charge in [0, 0.05) is 71.4 Å². The average molecular weight is 1410 g/mol. The minimum absolute atomic E-state index is 0.00932. The van der Waals surface area contributed by atoms with E-state index in [1.165, 1.54) is 19.1 Å². The molecule has 554 valence electrons. The smallest absolute Gasteiger partial charge is 0.404 e. The summed E-state index contributed by atoms with van der Waals surface area (Å²) < 4.78 is 57.0. The Bertz CT molecular complexity index is 2940. The number of nitrogens with two attached hydrogens (primary N) is 1. The summed E-state index contributed by atoms with van der Waals surface area (Å²) in [7, 11) is 8.40. The molecule has 0 aromatic heterocycles. The van der Waals surface area contributed by atoms with Crippen LogP contribution in [0.3, 0.4) is 0 Å². The van der Waals surface area contributed by atoms with Crippen LogP contribution in [-0.4, -0.2) is 224 Å². The lowest BCUT2D eigenvalue weighted by Crippen LogP contribution is -2.59. The molecule has 2 fully saturated rings. The molecule has 25 nitrogen and oxygen atoms in total. The third-order valence-electron chi connectivity index (χ3n) is 19.2. The number of nitrogens with zero attached hydrogens (tertiary/aromatic N) is 4. The highest BCUT2D eigenvalue weighted by atomic mass is 27.1. The maximum absolute atomic E-state index is 14.6. The Labute approximate surface area is 591 Å². The number of primary amides is 1. The van der Waals surface area contributed by atoms with Crippen molar-refractivity contribution in [2.45, 2.75) is 213 Å². The van der Waals surface area contributed by atoms with Crippen LogP contribution in [0.2, 0.25) is 0 Å². The molecule has 2 aromatic rings. The number of amides is 11. The van der Waals surface area contributed by atoms with Crippen molar-refractivity contribution in [3.63, 3.8) is 0 Å². The molecule has 3 unspecified atom stereocenters. The Balaban J connectivity index is 1.41. The number of benzene rings is 2. The molecule has 2 aromatic carbocycles. The quantitative estimate of drug-likeness (QED) is 0.0335. The first-order valence-corrected chi connectivity index (χ1v) is 35.9. The number of piperidine rings is 1. The van der Waals surface area contributed by atoms with Gasteiger partial charge in [-0.15, -0.1) is 0 Å². The normalized spacial score (nSPS) is 18.9. The molecule has 2 saturated heterocycles. The topological polar surface area (TPSA) is 324 Å². The van der Waals surface area contributed by atoms with E-state index in [1.807, 2.05) is 90.9 Å². The van der Waals surface area contributed by atoms with Gasteiger partial charge in [-0.25, -0.2) is 4.79 Å². The van der Waals surface area contributed by atoms with Crippen LogP contribution in [0.4, 0.5) is 23.7 Å². The van der Waals surface area contributed by atoms with Gasteiger partial charge in [0.2, 0.25) is 47.3 Å². The summed E-state index contributed by atoms with van der Waals surface area (Å²) in [6.07, 6.45) is -3.98. The molecule has 2 heterocycles. The highest BCUT2D eigenvalue weighted by molar-refractivity contribution is 6.14. The second-order valence-corrected chi connectivity index (χ2v) is 28.4. The van der Waals surface area contributed by atoms with Crippen LogP contribution < -0.4 is 47.3 Å². The molecule has 29 heteroatoms. The van der Waals surface area contributed by atoms with Crippen LogP contribution in [-0.2, 0) is 65.6 Å². The standard InChI is InChI=1S/C70H112F3N13O12.Al.2H/c1-15-44(8)61(84(12)68(95)59(42(4)5)82-67(94)60(43(6)7)83(10)11)53(97-13)39-57(89)86-34-20-25-52(86)62(98-14)45(9)64(91)79-50(36-46-22-17-16-18-23-46)38-56(88)77-40-47-27-29-49(30-28-47)78-65(92)51(24-19-32-76-69(75)96)80-66(93)58(41(2)3)81-55(87)26-21-33-85-35-31-48(63(74)90)37-54(85)70(71,72)73;;;/h16-18,22-23,27-30,41-45,48,50-54,58-62H,15,19-21,24-26,31-40H2,1-14H3,(H11,74,75,76,77,78,79,80,81,82,87,88,90,91,92,93,94,96);;;/q;+1;;/p-1/t44-,45+,48?,50-,51-,52-,53+,54?,58-,59-,60-,61?,62+;;;/m0.../s1. The van der Waals surface area contributed by atoms with Crippen LogP contribution in [0, 0.1) is 35.5 Å². The summed E-state index contributed by atoms with van der Waals surface area (Å²) in [5.74, 6) is -6.13. The lowest BCUT2D eigenvalue weighted by Gasteiger charge is -2.41. The number of likely N-dealkylation sites (tertiary alicyclic amines) is 2. The monoisotopic (exact) mass is 1410 g/mol. The van der Waals surface area contributed by atoms with Crippen molar-refractivity contribution in [3.05, 3.63) is 65.7 Å². The van der Waals surface area contributed by atoms with Crippen molar-refractivity contribution in [2.75, 3.05) is 66.9 Å². The average Bonchev–Trinajstić information content (AvgIpc) is 1.79. The number of likely N-dealkylation sites (N-methyl/N-ethyl adjacent to an activating group) is 2. The number of hydrogen-bond acceptors (Lipinski definition) is 14. The third kappa shape index (κ3) is 26.2. The van der Waals surface area contributed by atoms with Crippen molar-refractivity contribution < 1.29 is 70.6 Å². The van der Waals surface area contributed by atoms with E-state index in [9.17, 15) is 61.1 Å². The minimum Gasteiger partial charge on any atom is -0.452 e. The van der Waals surface area contributed by atoms with Crippen molar-refractivity contribution in [1.29, 1.82) is 0 Å². The second-order valence-electron chi connectivity index (χ2n) is 27.9. The molecule has 11 amide bonds. The summed E-state index contributed by atoms with van der Waals surface area (Å²) in [6, 6.07) is 8.12. The van der Waals surface area contributed by atoms with Crippen LogP contribution in [0.1, 0.15) is 144 Å². The first-order chi connectivity index (χ1) is 46.7. The summed E-state index contributed by atoms with van der Waals surface area (Å²) in [4.78, 5) is 142. The number of methoxy groups -OCH3 is 2. The number of ether oxygens (including phenoxy) is 2. The molecule has 0 radical (unpaired) electrons. The van der Waals surface area contributed by atoms with Gasteiger partial charge in [-0.05, 0) is 125 Å². The summed E-state index contributed by atoms with van der Waals surface area (Å²) in [5, 5.41) is 19.7. The minimum atomic E-state index is -4.57. The van der Waals surface area contributed by atoms with Crippen LogP contribution in [0.25, 0.3) is 0 Å². The van der Waals surface area contributed by atoms with Crippen LogP contribution in [0.5, 0.6) is 0 Å². The number of carbonyl (C=O) groups is 10. The number of alkyl halides is 3. The fourth-order valence-corrected chi connectivity index (χ4v) is 14.0. The third-order valence-corrected chi connectivity index (χ3v) is 19.7. The van der Waals surface area contributed by atoms with E-state index in [0.717, 1.165) is 5.56 Å². The number of anilines is 1. The Morgan fingerprint density at radius 2 is 1.37 bits per heavy atom. The SMILES string of the molecule is CC[C@H](C)C([C@@H](CC(=O)N1CCC[C@H]1[C@H](OC)[C@@H](C)C(=O)N[C@H](CC(=O)NCc1ccc(NC(=O)[C@H](CCCNC(N)=O)NC(=O)[C@@H](NC(=O)CCCN2CCC(C(=O)[NH][AlH2])CC2C(F)(F)F)C(C)C)cc1)Cc1ccccc1)OC)N(C)C(=O)[C@@H](NC(=O)[C@H](C(C)C)N(C)C)C(C)C. The molecule has 13 atom stereocenters. The molecular formula is C70H113AlF3N13O12. The molecule has 2 aliphatic heterocycles. The van der Waals surface area contributed by atoms with E-state index in [1.54, 1.807) is 61.9 Å². The Hall–Kier alpha value is -6.90. The van der Waals surface area contributed by atoms with Gasteiger partial charge in [0.15, 0.2) is 5.91 Å². The van der Waals surface area contributed by atoms with Gasteiger partial charge in [-0.3, -0.25) is 53.0 Å². The fourth-order valence-electron chi connectivity index (χ4n) is 13.6. The van der Waals surface area contributed by atoms with E-state index in [2.05, 4.69) is 41.5 Å². The molecule has 0 spiro atoms. The summed E-state index contributed by atoms with van der Waals surface area (Å²) >= 11 is 0.324. The maximum Gasteiger partial charge on any atom is 0.404 e. The van der Waals surface area contributed by atoms with Crippen molar-refractivity contribution in [1.82, 2.24) is 55.8 Å². The zero-order chi connectivity index (χ0) is 74.0. The van der Waals surface area contributed by atoms with Gasteiger partial charge in [0.1, 0.15) is 24.2 Å². The van der Waals surface area contributed by atoms with E-state index in [-0.39, 0.29) is 125 Å². The Kier molecular flexibility index (Phi) is 35.1. The highest BCUT2D eigenvalue weighted by Gasteiger charge is 2.48. The number of halogens is 3. The molecule has 0 aliphatic carbocycles. The predicted octanol–water partition coefficient (Wildman–Crippen LogP) is 4.17. The molecule has 2 aliphatic rings. The van der Waals surface area contributed by atoms with E-state index >= 15 is 0 Å². The predicted molar refractivity (Wildman–Crippen MR) is 374 cm³/mol. The van der Waals surface area contributed by atoms with Crippen molar-refractivity contribution in [3.8, 4) is 0 Å². The van der Waals surface area contributed by atoms with Gasteiger partial charge in [-0.2, -0.15) is 13.2 Å². The molecule has 0 bridgehead atoms. The molecular weight excluding hydrogens is 1300 g/mol. The van der Waals surface area contributed by atoms with Gasteiger partial charge in [-0.1, -0.05) is 111 Å². The van der Waals surface area contributed by atoms with Crippen molar-refractivity contribution in [2.24, 2.45) is 41.2 Å². The fraction of sp³-hybridized carbons (Fsp3) is 0.686. The maximum atomic E-state index is 14.6. The zero-order valence-electron chi connectivity index (χ0n) is 60.9. The Morgan fingerprint density at radius 3 is 1.94 bits per heavy atom. The number of nitrogens with one attached hydrogen (secondary N) is 8. The van der Waals surface area contributed by atoms with Gasteiger partial charge in [0.25, 0.3) is 0 Å². The molecule has 4 rings (SSSR count). The summed E-state index contributed by atoms with van der Waals surface area (Å²) in [6.45, 7) is 17.4. The Morgan fingerprint density at radius 1 is 0.717 bits per heavy atom.